The van der Waals surface area contributed by atoms with E-state index in [2.05, 4.69) is 118 Å². The van der Waals surface area contributed by atoms with Gasteiger partial charge in [-0.2, -0.15) is 0 Å². The van der Waals surface area contributed by atoms with E-state index in [1.54, 1.807) is 0 Å². The van der Waals surface area contributed by atoms with E-state index in [0.29, 0.717) is 19.1 Å². The number of carbonyl (C=O) groups excluding carboxylic acids is 1. The van der Waals surface area contributed by atoms with Gasteiger partial charge in [0.05, 0.1) is 24.0 Å². The molecule has 2 fully saturated rings. The van der Waals surface area contributed by atoms with E-state index in [4.69, 9.17) is 18.4 Å². The zero-order valence-corrected chi connectivity index (χ0v) is 35.0. The van der Waals surface area contributed by atoms with Gasteiger partial charge in [0.1, 0.15) is 11.4 Å². The number of carbonyl (C=O) groups is 1. The molecule has 1 saturated heterocycles. The van der Waals surface area contributed by atoms with Crippen LogP contribution in [0.5, 0.6) is 5.75 Å². The second kappa shape index (κ2) is 17.0. The number of hydrogen-bond donors (Lipinski definition) is 0. The van der Waals surface area contributed by atoms with Crippen LogP contribution in [0, 0.1) is 11.8 Å². The Balaban J connectivity index is 1.17. The maximum Gasteiger partial charge on any atom is 0.410 e. The first kappa shape index (κ1) is 40.0. The van der Waals surface area contributed by atoms with Gasteiger partial charge in [0.2, 0.25) is 0 Å². The van der Waals surface area contributed by atoms with Gasteiger partial charge in [-0.1, -0.05) is 99.4 Å². The SMILES string of the molecule is CN(C)Cc1c(OCC2CCCCC2O[Si](c2ccccc2)(c2ccccc2)C(C)(C)C)ccc2c(CCC3CCN(C(=O)OC(C)(C)C)CC3)noc12. The third-order valence-electron chi connectivity index (χ3n) is 11.3. The number of likely N-dealkylation sites (tertiary alicyclic amines) is 1. The number of rotatable bonds is 12. The molecule has 3 aromatic carbocycles. The largest absolute Gasteiger partial charge is 0.493 e. The lowest BCUT2D eigenvalue weighted by molar-refractivity contribution is 0.0181. The van der Waals surface area contributed by atoms with Gasteiger partial charge in [0, 0.05) is 30.9 Å². The van der Waals surface area contributed by atoms with Crippen molar-refractivity contribution in [2.24, 2.45) is 11.8 Å². The maximum absolute atomic E-state index is 12.6. The van der Waals surface area contributed by atoms with Crippen LogP contribution in [-0.2, 0) is 22.1 Å². The number of nitrogens with zero attached hydrogens (tertiary/aromatic N) is 3. The number of fused-ring (bicyclic) bond motifs is 1. The summed E-state index contributed by atoms with van der Waals surface area (Å²) in [6, 6.07) is 26.2. The molecular formula is C45H63N3O5Si. The van der Waals surface area contributed by atoms with Gasteiger partial charge in [0.25, 0.3) is 8.32 Å². The van der Waals surface area contributed by atoms with Crippen LogP contribution in [0.2, 0.25) is 5.04 Å². The highest BCUT2D eigenvalue weighted by Crippen LogP contribution is 2.41. The van der Waals surface area contributed by atoms with Crippen molar-refractivity contribution in [3.8, 4) is 5.75 Å². The number of ether oxygens (including phenoxy) is 2. The molecule has 1 aromatic heterocycles. The summed E-state index contributed by atoms with van der Waals surface area (Å²) < 4.78 is 26.2. The minimum atomic E-state index is -2.70. The normalized spacial score (nSPS) is 19.0. The highest BCUT2D eigenvalue weighted by atomic mass is 28.4. The Morgan fingerprint density at radius 1 is 0.870 bits per heavy atom. The zero-order chi connectivity index (χ0) is 38.5. The molecular weight excluding hydrogens is 691 g/mol. The lowest BCUT2D eigenvalue weighted by atomic mass is 9.87. The van der Waals surface area contributed by atoms with E-state index in [1.165, 1.54) is 23.2 Å². The average Bonchev–Trinajstić information content (AvgIpc) is 3.56. The molecule has 2 unspecified atom stereocenters. The van der Waals surface area contributed by atoms with Crippen molar-refractivity contribution in [2.45, 2.75) is 116 Å². The first-order chi connectivity index (χ1) is 25.7. The number of amides is 1. The molecule has 0 N–H and O–H groups in total. The van der Waals surface area contributed by atoms with Gasteiger partial charge in [0.15, 0.2) is 5.58 Å². The second-order valence-electron chi connectivity index (χ2n) is 17.9. The molecule has 292 valence electrons. The van der Waals surface area contributed by atoms with Crippen molar-refractivity contribution in [1.29, 1.82) is 0 Å². The third-order valence-corrected chi connectivity index (χ3v) is 16.4. The topological polar surface area (TPSA) is 77.3 Å². The fraction of sp³-hybridized carbons (Fsp3) is 0.556. The molecule has 8 nitrogen and oxygen atoms in total. The van der Waals surface area contributed by atoms with Crippen molar-refractivity contribution < 1.29 is 23.2 Å². The lowest BCUT2D eigenvalue weighted by Crippen LogP contribution is -2.68. The predicted molar refractivity (Wildman–Crippen MR) is 220 cm³/mol. The predicted octanol–water partition coefficient (Wildman–Crippen LogP) is 8.98. The summed E-state index contributed by atoms with van der Waals surface area (Å²) in [6.45, 7) is 15.6. The smallest absolute Gasteiger partial charge is 0.410 e. The first-order valence-corrected chi connectivity index (χ1v) is 22.1. The van der Waals surface area contributed by atoms with Crippen molar-refractivity contribution in [3.63, 3.8) is 0 Å². The number of aromatic nitrogens is 1. The summed E-state index contributed by atoms with van der Waals surface area (Å²) in [5.74, 6) is 1.67. The van der Waals surface area contributed by atoms with E-state index in [-0.39, 0.29) is 23.2 Å². The van der Waals surface area contributed by atoms with Crippen molar-refractivity contribution in [2.75, 3.05) is 33.8 Å². The minimum Gasteiger partial charge on any atom is -0.493 e. The Morgan fingerprint density at radius 3 is 2.09 bits per heavy atom. The van der Waals surface area contributed by atoms with E-state index >= 15 is 0 Å². The molecule has 9 heteroatoms. The van der Waals surface area contributed by atoms with Crippen LogP contribution < -0.4 is 15.1 Å². The fourth-order valence-electron chi connectivity index (χ4n) is 8.58. The Hall–Kier alpha value is -3.66. The Bertz CT molecular complexity index is 1770. The highest BCUT2D eigenvalue weighted by molar-refractivity contribution is 6.99. The van der Waals surface area contributed by atoms with Gasteiger partial charge in [-0.05, 0) is 107 Å². The molecule has 0 radical (unpaired) electrons. The minimum absolute atomic E-state index is 0.0795. The molecule has 1 aliphatic heterocycles. The van der Waals surface area contributed by atoms with Crippen LogP contribution in [0.15, 0.2) is 77.3 Å². The summed E-state index contributed by atoms with van der Waals surface area (Å²) in [6.07, 6.45) is 8.16. The number of hydrogen-bond acceptors (Lipinski definition) is 7. The van der Waals surface area contributed by atoms with Crippen LogP contribution in [0.25, 0.3) is 11.0 Å². The average molecular weight is 754 g/mol. The molecule has 54 heavy (non-hydrogen) atoms. The van der Waals surface area contributed by atoms with Gasteiger partial charge in [-0.25, -0.2) is 4.79 Å². The molecule has 2 heterocycles. The Kier molecular flexibility index (Phi) is 12.6. The van der Waals surface area contributed by atoms with E-state index in [0.717, 1.165) is 79.6 Å². The van der Waals surface area contributed by atoms with E-state index in [9.17, 15) is 4.79 Å². The molecule has 6 rings (SSSR count). The number of aryl methyl sites for hydroxylation is 1. The van der Waals surface area contributed by atoms with Gasteiger partial charge >= 0.3 is 6.09 Å². The Labute approximate surface area is 324 Å². The fourth-order valence-corrected chi connectivity index (χ4v) is 13.4. The van der Waals surface area contributed by atoms with Crippen LogP contribution in [0.3, 0.4) is 0 Å². The van der Waals surface area contributed by atoms with Crippen molar-refractivity contribution in [3.05, 3.63) is 84.1 Å². The molecule has 2 atom stereocenters. The maximum atomic E-state index is 12.6. The zero-order valence-electron chi connectivity index (χ0n) is 34.0. The number of benzene rings is 3. The summed E-state index contributed by atoms with van der Waals surface area (Å²) >= 11 is 0. The lowest BCUT2D eigenvalue weighted by Gasteiger charge is -2.47. The molecule has 1 aliphatic carbocycles. The highest BCUT2D eigenvalue weighted by Gasteiger charge is 2.52. The molecule has 2 aliphatic rings. The van der Waals surface area contributed by atoms with Crippen LogP contribution in [0.4, 0.5) is 4.79 Å². The van der Waals surface area contributed by atoms with Crippen molar-refractivity contribution in [1.82, 2.24) is 15.0 Å². The monoisotopic (exact) mass is 753 g/mol. The third kappa shape index (κ3) is 9.23. The standard InChI is InChI=1S/C45H63N3O5Si/c1-44(2,3)51-43(49)48-29-27-33(28-30-48)23-25-39-37-24-26-41(38(31-47(7)8)42(37)52-46-39)50-32-34-17-15-16-22-40(34)53-54(45(4,5)6,35-18-11-9-12-19-35)36-20-13-10-14-21-36/h9-14,18-21,24,26,33-34,40H,15-17,22-23,25,27-32H2,1-8H3. The van der Waals surface area contributed by atoms with Crippen molar-refractivity contribution >= 4 is 35.8 Å². The van der Waals surface area contributed by atoms with E-state index < -0.39 is 13.9 Å². The van der Waals surface area contributed by atoms with E-state index in [1.807, 2.05) is 25.7 Å². The molecule has 1 saturated carbocycles. The first-order valence-electron chi connectivity index (χ1n) is 20.2. The van der Waals surface area contributed by atoms with Crippen LogP contribution in [0.1, 0.15) is 97.7 Å². The quantitative estimate of drug-likeness (QED) is 0.134. The summed E-state index contributed by atoms with van der Waals surface area (Å²) in [4.78, 5) is 16.6. The number of piperidine rings is 1. The molecule has 0 bridgehead atoms. The summed E-state index contributed by atoms with van der Waals surface area (Å²) in [7, 11) is 1.46. The van der Waals surface area contributed by atoms with Gasteiger partial charge in [-0.15, -0.1) is 0 Å². The van der Waals surface area contributed by atoms with Gasteiger partial charge < -0.3 is 28.2 Å². The van der Waals surface area contributed by atoms with Crippen LogP contribution in [-0.4, -0.2) is 74.9 Å². The molecule has 0 spiro atoms. The summed E-state index contributed by atoms with van der Waals surface area (Å²) in [5, 5.41) is 8.23. The second-order valence-corrected chi connectivity index (χ2v) is 22.2. The van der Waals surface area contributed by atoms with Crippen LogP contribution >= 0.6 is 0 Å². The molecule has 1 amide bonds. The van der Waals surface area contributed by atoms with Gasteiger partial charge in [-0.3, -0.25) is 0 Å². The molecule has 4 aromatic rings. The Morgan fingerprint density at radius 2 is 1.50 bits per heavy atom. The summed E-state index contributed by atoms with van der Waals surface area (Å²) in [5.41, 5.74) is 2.38.